The number of rotatable bonds is 2. The number of hydrogen-bond donors (Lipinski definition) is 0. The molecule has 0 N–H and O–H groups in total. The van der Waals surface area contributed by atoms with E-state index in [1.165, 1.54) is 6.92 Å². The molecule has 2 heteroatoms. The van der Waals surface area contributed by atoms with E-state index in [1.807, 2.05) is 0 Å². The molecular formula is C5H7OY+2. The summed E-state index contributed by atoms with van der Waals surface area (Å²) in [5.41, 5.74) is 0. The van der Waals surface area contributed by atoms with Gasteiger partial charge in [-0.2, -0.15) is 0 Å². The average molecular weight is 172 g/mol. The SMILES string of the molecule is C=[C-]CC(C)=O.[Y+3]. The Kier molecular flexibility index (Phi) is 9.76. The minimum absolute atomic E-state index is 0. The zero-order valence-corrected chi connectivity index (χ0v) is 7.24. The van der Waals surface area contributed by atoms with Crippen LogP contribution < -0.4 is 0 Å². The maximum absolute atomic E-state index is 9.94. The van der Waals surface area contributed by atoms with Gasteiger partial charge in [0.25, 0.3) is 0 Å². The summed E-state index contributed by atoms with van der Waals surface area (Å²) in [7, 11) is 0. The van der Waals surface area contributed by atoms with E-state index in [1.54, 1.807) is 0 Å². The molecule has 0 aliphatic carbocycles. The fourth-order valence-electron chi connectivity index (χ4n) is 0.176. The molecule has 0 aliphatic rings. The summed E-state index contributed by atoms with van der Waals surface area (Å²) in [4.78, 5) is 9.94. The van der Waals surface area contributed by atoms with Crippen molar-refractivity contribution in [2.45, 2.75) is 13.3 Å². The van der Waals surface area contributed by atoms with E-state index in [2.05, 4.69) is 12.7 Å². The van der Waals surface area contributed by atoms with Crippen LogP contribution in [0, 0.1) is 6.08 Å². The molecule has 0 spiro atoms. The maximum Gasteiger partial charge on any atom is 3.00 e. The summed E-state index contributed by atoms with van der Waals surface area (Å²) in [5.74, 6) is 0.116. The molecule has 0 saturated carbocycles. The molecule has 0 aromatic rings. The first-order chi connectivity index (χ1) is 2.77. The van der Waals surface area contributed by atoms with Crippen LogP contribution in [0.1, 0.15) is 13.3 Å². The third kappa shape index (κ3) is 10.7. The van der Waals surface area contributed by atoms with Crippen molar-refractivity contribution in [2.24, 2.45) is 0 Å². The van der Waals surface area contributed by atoms with Gasteiger partial charge in [0.05, 0.1) is 0 Å². The smallest absolute Gasteiger partial charge is 0.497 e. The van der Waals surface area contributed by atoms with E-state index >= 15 is 0 Å². The minimum Gasteiger partial charge on any atom is -0.497 e. The molecule has 1 nitrogen and oxygen atoms in total. The van der Waals surface area contributed by atoms with Gasteiger partial charge in [-0.25, -0.2) is 0 Å². The maximum atomic E-state index is 9.94. The van der Waals surface area contributed by atoms with E-state index in [9.17, 15) is 4.79 Å². The predicted octanol–water partition coefficient (Wildman–Crippen LogP) is 0.952. The number of carbonyl (C=O) groups excluding carboxylic acids is 1. The molecule has 0 atom stereocenters. The van der Waals surface area contributed by atoms with E-state index in [4.69, 9.17) is 0 Å². The second-order valence-electron chi connectivity index (χ2n) is 1.13. The fourth-order valence-corrected chi connectivity index (χ4v) is 0.176. The molecule has 34 valence electrons. The fraction of sp³-hybridized carbons (Fsp3) is 0.400. The van der Waals surface area contributed by atoms with Crippen LogP contribution in [-0.4, -0.2) is 5.78 Å². The van der Waals surface area contributed by atoms with Crippen LogP contribution in [0.3, 0.4) is 0 Å². The van der Waals surface area contributed by atoms with Crippen molar-refractivity contribution >= 4 is 5.78 Å². The molecular weight excluding hydrogens is 165 g/mol. The quantitative estimate of drug-likeness (QED) is 0.566. The van der Waals surface area contributed by atoms with Crippen LogP contribution in [-0.2, 0) is 37.5 Å². The third-order valence-corrected chi connectivity index (χ3v) is 0.374. The number of Topliss-reactive ketones (excluding diaryl/α,β-unsaturated/α-hetero) is 1. The molecule has 7 heavy (non-hydrogen) atoms. The van der Waals surface area contributed by atoms with Gasteiger partial charge >= 0.3 is 32.7 Å². The monoisotopic (exact) mass is 172 g/mol. The molecule has 0 aromatic carbocycles. The molecule has 0 rings (SSSR count). The zero-order chi connectivity index (χ0) is 4.99. The second-order valence-corrected chi connectivity index (χ2v) is 1.13. The molecule has 0 bridgehead atoms. The largest absolute Gasteiger partial charge is 3.00 e. The molecule has 0 aromatic heterocycles. The summed E-state index contributed by atoms with van der Waals surface area (Å²) in [6.45, 7) is 4.77. The van der Waals surface area contributed by atoms with Crippen molar-refractivity contribution in [2.75, 3.05) is 0 Å². The first-order valence-electron chi connectivity index (χ1n) is 1.76. The van der Waals surface area contributed by atoms with Gasteiger partial charge in [-0.3, -0.25) is 6.58 Å². The number of ketones is 1. The summed E-state index contributed by atoms with van der Waals surface area (Å²) < 4.78 is 0. The summed E-state index contributed by atoms with van der Waals surface area (Å²) in [6.07, 6.45) is 2.84. The van der Waals surface area contributed by atoms with Gasteiger partial charge in [0, 0.05) is 0 Å². The Balaban J connectivity index is 0. The standard InChI is InChI=1S/C5H7O.Y/c1-3-4-5(2)6;/h1,4H2,2H3;/q-1;+3. The van der Waals surface area contributed by atoms with Gasteiger partial charge in [0.2, 0.25) is 0 Å². The van der Waals surface area contributed by atoms with Crippen molar-refractivity contribution in [1.29, 1.82) is 0 Å². The van der Waals surface area contributed by atoms with E-state index in [0.717, 1.165) is 0 Å². The molecule has 0 fully saturated rings. The summed E-state index contributed by atoms with van der Waals surface area (Å²) >= 11 is 0. The van der Waals surface area contributed by atoms with Crippen LogP contribution >= 0.6 is 0 Å². The van der Waals surface area contributed by atoms with Crippen molar-refractivity contribution in [3.8, 4) is 0 Å². The van der Waals surface area contributed by atoms with E-state index < -0.39 is 0 Å². The van der Waals surface area contributed by atoms with Crippen LogP contribution in [0.25, 0.3) is 0 Å². The average Bonchev–Trinajstić information content (AvgIpc) is 1.35. The van der Waals surface area contributed by atoms with Crippen LogP contribution in [0.4, 0.5) is 0 Å². The van der Waals surface area contributed by atoms with Crippen LogP contribution in [0.5, 0.6) is 0 Å². The van der Waals surface area contributed by atoms with Crippen LogP contribution in [0.2, 0.25) is 0 Å². The van der Waals surface area contributed by atoms with E-state index in [0.29, 0.717) is 6.42 Å². The van der Waals surface area contributed by atoms with E-state index in [-0.39, 0.29) is 38.5 Å². The summed E-state index contributed by atoms with van der Waals surface area (Å²) in [6, 6.07) is 0. The van der Waals surface area contributed by atoms with Gasteiger partial charge in [-0.15, -0.1) is 6.42 Å². The van der Waals surface area contributed by atoms with Crippen molar-refractivity contribution in [3.05, 3.63) is 12.7 Å². The Hall–Kier alpha value is 0.514. The molecule has 0 saturated heterocycles. The van der Waals surface area contributed by atoms with Gasteiger partial charge < -0.3 is 10.9 Å². The van der Waals surface area contributed by atoms with Gasteiger partial charge in [0.15, 0.2) is 0 Å². The second kappa shape index (κ2) is 6.51. The molecule has 0 heterocycles. The Labute approximate surface area is 69.1 Å². The Morgan fingerprint density at radius 3 is 2.29 bits per heavy atom. The normalized spacial score (nSPS) is 6.43. The van der Waals surface area contributed by atoms with Gasteiger partial charge in [-0.1, -0.05) is 0 Å². The molecule has 0 aliphatic heterocycles. The van der Waals surface area contributed by atoms with Crippen molar-refractivity contribution in [1.82, 2.24) is 0 Å². The Morgan fingerprint density at radius 2 is 2.29 bits per heavy atom. The first-order valence-corrected chi connectivity index (χ1v) is 1.76. The molecule has 0 unspecified atom stereocenters. The minimum atomic E-state index is 0. The predicted molar refractivity (Wildman–Crippen MR) is 24.2 cm³/mol. The first kappa shape index (κ1) is 10.5. The zero-order valence-electron chi connectivity index (χ0n) is 4.40. The Bertz CT molecular complexity index is 68.5. The molecule has 0 amide bonds. The number of hydrogen-bond acceptors (Lipinski definition) is 1. The van der Waals surface area contributed by atoms with Crippen LogP contribution in [0.15, 0.2) is 6.58 Å². The molecule has 0 radical (unpaired) electrons. The number of carbonyl (C=O) groups is 1. The topological polar surface area (TPSA) is 17.1 Å². The number of allylic oxidation sites excluding steroid dienone is 1. The summed E-state index contributed by atoms with van der Waals surface area (Å²) in [5, 5.41) is 0. The van der Waals surface area contributed by atoms with Crippen molar-refractivity contribution < 1.29 is 37.5 Å². The Morgan fingerprint density at radius 1 is 1.86 bits per heavy atom. The van der Waals surface area contributed by atoms with Gasteiger partial charge in [-0.05, 0) is 6.92 Å². The third-order valence-electron chi connectivity index (χ3n) is 0.374. The van der Waals surface area contributed by atoms with Gasteiger partial charge in [0.1, 0.15) is 5.78 Å². The van der Waals surface area contributed by atoms with Crippen molar-refractivity contribution in [3.63, 3.8) is 0 Å².